The van der Waals surface area contributed by atoms with Crippen molar-refractivity contribution >= 4 is 28.7 Å². The van der Waals surface area contributed by atoms with Gasteiger partial charge in [-0.05, 0) is 43.7 Å². The molecule has 1 aromatic carbocycles. The summed E-state index contributed by atoms with van der Waals surface area (Å²) in [6.45, 7) is 5.80. The number of rotatable bonds is 4. The first-order valence-corrected chi connectivity index (χ1v) is 9.72. The lowest BCUT2D eigenvalue weighted by atomic mass is 9.96. The Labute approximate surface area is 142 Å². The highest BCUT2D eigenvalue weighted by molar-refractivity contribution is 7.98. The summed E-state index contributed by atoms with van der Waals surface area (Å²) in [4.78, 5) is 22.8. The fraction of sp³-hybridized carbons (Fsp3) is 0.556. The maximum atomic E-state index is 12.6. The highest BCUT2D eigenvalue weighted by atomic mass is 32.2. The van der Waals surface area contributed by atoms with Gasteiger partial charge in [0.25, 0.3) is 0 Å². The Balaban J connectivity index is 1.75. The van der Waals surface area contributed by atoms with Crippen LogP contribution in [-0.4, -0.2) is 45.9 Å². The lowest BCUT2D eigenvalue weighted by molar-refractivity contribution is -0.135. The van der Waals surface area contributed by atoms with Gasteiger partial charge in [-0.1, -0.05) is 13.0 Å². The molecule has 3 rings (SSSR count). The van der Waals surface area contributed by atoms with Crippen molar-refractivity contribution in [3.8, 4) is 0 Å². The molecule has 0 spiro atoms. The van der Waals surface area contributed by atoms with E-state index >= 15 is 0 Å². The molecule has 0 radical (unpaired) electrons. The van der Waals surface area contributed by atoms with Crippen molar-refractivity contribution in [3.63, 3.8) is 0 Å². The number of amides is 1. The number of likely N-dealkylation sites (tertiary alicyclic amines) is 1. The average Bonchev–Trinajstić information content (AvgIpc) is 2.97. The fourth-order valence-corrected chi connectivity index (χ4v) is 4.01. The van der Waals surface area contributed by atoms with Gasteiger partial charge in [0.15, 0.2) is 0 Å². The Bertz CT molecular complexity index is 697. The molecule has 2 aromatic rings. The SMILES string of the molecule is CSC[C@H](C)C(=O)N1CCC[C@@H](c2nc3ccc(C)cc3[nH]2)C1. The van der Waals surface area contributed by atoms with Crippen molar-refractivity contribution in [2.24, 2.45) is 5.92 Å². The largest absolute Gasteiger partial charge is 0.342 e. The summed E-state index contributed by atoms with van der Waals surface area (Å²) in [5.74, 6) is 2.63. The van der Waals surface area contributed by atoms with Gasteiger partial charge in [-0.2, -0.15) is 11.8 Å². The summed E-state index contributed by atoms with van der Waals surface area (Å²) in [5.41, 5.74) is 3.35. The molecule has 124 valence electrons. The highest BCUT2D eigenvalue weighted by Gasteiger charge is 2.28. The zero-order valence-electron chi connectivity index (χ0n) is 14.1. The number of carbonyl (C=O) groups is 1. The Morgan fingerprint density at radius 1 is 1.52 bits per heavy atom. The summed E-state index contributed by atoms with van der Waals surface area (Å²) in [5, 5.41) is 0. The Kier molecular flexibility index (Phi) is 4.95. The molecule has 23 heavy (non-hydrogen) atoms. The van der Waals surface area contributed by atoms with Gasteiger partial charge >= 0.3 is 0 Å². The van der Waals surface area contributed by atoms with Crippen LogP contribution in [0.1, 0.15) is 37.1 Å². The van der Waals surface area contributed by atoms with E-state index in [1.807, 2.05) is 11.8 Å². The number of benzene rings is 1. The molecule has 0 saturated carbocycles. The summed E-state index contributed by atoms with van der Waals surface area (Å²) >= 11 is 1.74. The van der Waals surface area contributed by atoms with Gasteiger partial charge in [-0.3, -0.25) is 4.79 Å². The van der Waals surface area contributed by atoms with Gasteiger partial charge in [0.1, 0.15) is 5.82 Å². The number of aryl methyl sites for hydroxylation is 1. The number of hydrogen-bond acceptors (Lipinski definition) is 3. The van der Waals surface area contributed by atoms with Gasteiger partial charge in [-0.25, -0.2) is 4.98 Å². The molecule has 1 N–H and O–H groups in total. The Hall–Kier alpha value is -1.49. The Morgan fingerprint density at radius 3 is 3.13 bits per heavy atom. The van der Waals surface area contributed by atoms with Gasteiger partial charge in [0.05, 0.1) is 11.0 Å². The van der Waals surface area contributed by atoms with E-state index in [2.05, 4.69) is 36.4 Å². The van der Waals surface area contributed by atoms with Crippen molar-refractivity contribution in [2.75, 3.05) is 25.1 Å². The molecule has 5 heteroatoms. The van der Waals surface area contributed by atoms with Crippen LogP contribution in [0, 0.1) is 12.8 Å². The number of imidazole rings is 1. The second kappa shape index (κ2) is 6.95. The highest BCUT2D eigenvalue weighted by Crippen LogP contribution is 2.28. The molecule has 2 atom stereocenters. The lowest BCUT2D eigenvalue weighted by Gasteiger charge is -2.33. The van der Waals surface area contributed by atoms with E-state index in [0.29, 0.717) is 5.92 Å². The fourth-order valence-electron chi connectivity index (χ4n) is 3.37. The molecule has 1 fully saturated rings. The van der Waals surface area contributed by atoms with Crippen molar-refractivity contribution in [2.45, 2.75) is 32.6 Å². The summed E-state index contributed by atoms with van der Waals surface area (Å²) in [6.07, 6.45) is 4.21. The van der Waals surface area contributed by atoms with E-state index in [4.69, 9.17) is 4.98 Å². The van der Waals surface area contributed by atoms with E-state index in [1.165, 1.54) is 5.56 Å². The predicted octanol–water partition coefficient (Wildman–Crippen LogP) is 3.58. The van der Waals surface area contributed by atoms with E-state index < -0.39 is 0 Å². The Morgan fingerprint density at radius 2 is 2.35 bits per heavy atom. The van der Waals surface area contributed by atoms with Crippen LogP contribution >= 0.6 is 11.8 Å². The maximum Gasteiger partial charge on any atom is 0.226 e. The number of carbonyl (C=O) groups excluding carboxylic acids is 1. The van der Waals surface area contributed by atoms with Crippen LogP contribution in [0.3, 0.4) is 0 Å². The monoisotopic (exact) mass is 331 g/mol. The minimum absolute atomic E-state index is 0.0991. The summed E-state index contributed by atoms with van der Waals surface area (Å²) in [7, 11) is 0. The second-order valence-electron chi connectivity index (χ2n) is 6.62. The molecule has 1 aliphatic heterocycles. The van der Waals surface area contributed by atoms with Gasteiger partial charge in [0, 0.05) is 30.7 Å². The van der Waals surface area contributed by atoms with Crippen molar-refractivity contribution in [1.82, 2.24) is 14.9 Å². The number of nitrogens with zero attached hydrogens (tertiary/aromatic N) is 2. The second-order valence-corrected chi connectivity index (χ2v) is 7.53. The molecule has 1 saturated heterocycles. The molecular weight excluding hydrogens is 306 g/mol. The van der Waals surface area contributed by atoms with Crippen LogP contribution in [0.15, 0.2) is 18.2 Å². The van der Waals surface area contributed by atoms with Crippen LogP contribution in [0.4, 0.5) is 0 Å². The van der Waals surface area contributed by atoms with Crippen molar-refractivity contribution in [1.29, 1.82) is 0 Å². The zero-order chi connectivity index (χ0) is 16.4. The third-order valence-electron chi connectivity index (χ3n) is 4.61. The van der Waals surface area contributed by atoms with E-state index in [0.717, 1.165) is 48.5 Å². The topological polar surface area (TPSA) is 49.0 Å². The van der Waals surface area contributed by atoms with E-state index in [9.17, 15) is 4.79 Å². The lowest BCUT2D eigenvalue weighted by Crippen LogP contribution is -2.42. The van der Waals surface area contributed by atoms with Gasteiger partial charge < -0.3 is 9.88 Å². The number of thioether (sulfide) groups is 1. The molecule has 0 aliphatic carbocycles. The van der Waals surface area contributed by atoms with Crippen LogP contribution < -0.4 is 0 Å². The quantitative estimate of drug-likeness (QED) is 0.931. The van der Waals surface area contributed by atoms with Crippen LogP contribution in [-0.2, 0) is 4.79 Å². The molecule has 0 bridgehead atoms. The number of nitrogens with one attached hydrogen (secondary N) is 1. The minimum atomic E-state index is 0.0991. The molecule has 1 aliphatic rings. The third kappa shape index (κ3) is 3.55. The molecule has 0 unspecified atom stereocenters. The van der Waals surface area contributed by atoms with Crippen molar-refractivity contribution in [3.05, 3.63) is 29.6 Å². The molecular formula is C18H25N3OS. The number of fused-ring (bicyclic) bond motifs is 1. The zero-order valence-corrected chi connectivity index (χ0v) is 14.9. The van der Waals surface area contributed by atoms with E-state index in [-0.39, 0.29) is 11.8 Å². The first-order chi connectivity index (χ1) is 11.1. The summed E-state index contributed by atoms with van der Waals surface area (Å²) < 4.78 is 0. The smallest absolute Gasteiger partial charge is 0.226 e. The van der Waals surface area contributed by atoms with Gasteiger partial charge in [-0.15, -0.1) is 0 Å². The number of aromatic nitrogens is 2. The van der Waals surface area contributed by atoms with Crippen LogP contribution in [0.25, 0.3) is 11.0 Å². The van der Waals surface area contributed by atoms with Gasteiger partial charge in [0.2, 0.25) is 5.91 Å². The first kappa shape index (κ1) is 16.4. The number of hydrogen-bond donors (Lipinski definition) is 1. The van der Waals surface area contributed by atoms with Crippen LogP contribution in [0.5, 0.6) is 0 Å². The minimum Gasteiger partial charge on any atom is -0.342 e. The molecule has 1 aromatic heterocycles. The van der Waals surface area contributed by atoms with E-state index in [1.54, 1.807) is 11.8 Å². The maximum absolute atomic E-state index is 12.6. The number of H-pyrrole nitrogens is 1. The van der Waals surface area contributed by atoms with Crippen LogP contribution in [0.2, 0.25) is 0 Å². The molecule has 1 amide bonds. The first-order valence-electron chi connectivity index (χ1n) is 8.32. The number of piperidine rings is 1. The molecule has 4 nitrogen and oxygen atoms in total. The normalized spacial score (nSPS) is 20.0. The number of aromatic amines is 1. The van der Waals surface area contributed by atoms with Crippen molar-refractivity contribution < 1.29 is 4.79 Å². The molecule has 2 heterocycles. The summed E-state index contributed by atoms with van der Waals surface area (Å²) in [6, 6.07) is 6.29. The third-order valence-corrected chi connectivity index (χ3v) is 5.45. The predicted molar refractivity (Wildman–Crippen MR) is 96.9 cm³/mol. The average molecular weight is 331 g/mol. The standard InChI is InChI=1S/C18H25N3OS/c1-12-6-7-15-16(9-12)20-17(19-15)14-5-4-8-21(10-14)18(22)13(2)11-23-3/h6-7,9,13-14H,4-5,8,10-11H2,1-3H3,(H,19,20)/t13-,14+/m0/s1.